The lowest BCUT2D eigenvalue weighted by Crippen LogP contribution is -2.54. The zero-order chi connectivity index (χ0) is 25.8. The van der Waals surface area contributed by atoms with E-state index in [1.807, 2.05) is 12.3 Å². The van der Waals surface area contributed by atoms with Gasteiger partial charge >= 0.3 is 12.1 Å². The van der Waals surface area contributed by atoms with Gasteiger partial charge in [0.25, 0.3) is 0 Å². The van der Waals surface area contributed by atoms with Crippen molar-refractivity contribution in [2.24, 2.45) is 23.7 Å². The first-order valence-corrected chi connectivity index (χ1v) is 12.1. The highest BCUT2D eigenvalue weighted by Gasteiger charge is 2.61. The number of hydrogen-bond donors (Lipinski definition) is 1. The van der Waals surface area contributed by atoms with Crippen molar-refractivity contribution in [3.8, 4) is 5.82 Å². The Kier molecular flexibility index (Phi) is 6.01. The van der Waals surface area contributed by atoms with Crippen LogP contribution in [0.4, 0.5) is 18.9 Å². The van der Waals surface area contributed by atoms with E-state index in [9.17, 15) is 18.0 Å². The Balaban J connectivity index is 0.000000338. The second kappa shape index (κ2) is 8.79. The third-order valence-corrected chi connectivity index (χ3v) is 7.61. The molecule has 0 bridgehead atoms. The number of likely N-dealkylation sites (tertiary alicyclic amines) is 1. The number of nitrogens with zero attached hydrogens (tertiary/aromatic N) is 4. The highest BCUT2D eigenvalue weighted by atomic mass is 19.4. The molecule has 2 aromatic heterocycles. The minimum absolute atomic E-state index is 0.181. The number of fused-ring (bicyclic) bond motifs is 5. The van der Waals surface area contributed by atoms with Crippen LogP contribution in [-0.2, 0) is 19.9 Å². The molecule has 0 radical (unpaired) electrons. The number of carboxylic acid groups (broad SMARTS) is 1. The van der Waals surface area contributed by atoms with Crippen LogP contribution < -0.4 is 4.90 Å². The van der Waals surface area contributed by atoms with E-state index in [-0.39, 0.29) is 11.5 Å². The molecule has 3 aliphatic heterocycles. The maximum atomic E-state index is 13.3. The van der Waals surface area contributed by atoms with Crippen molar-refractivity contribution in [2.45, 2.75) is 32.0 Å². The first kappa shape index (κ1) is 24.6. The molecule has 1 spiro atoms. The van der Waals surface area contributed by atoms with Gasteiger partial charge in [0.15, 0.2) is 5.82 Å². The van der Waals surface area contributed by atoms with Crippen molar-refractivity contribution >= 4 is 17.6 Å². The fraction of sp³-hybridized carbons (Fsp3) is 0.560. The predicted octanol–water partition coefficient (Wildman–Crippen LogP) is 3.30. The lowest BCUT2D eigenvalue weighted by molar-refractivity contribution is -0.192. The smallest absolute Gasteiger partial charge is 0.475 e. The quantitative estimate of drug-likeness (QED) is 0.688. The van der Waals surface area contributed by atoms with Crippen LogP contribution in [0.2, 0.25) is 0 Å². The SMILES string of the molecule is CC(C)CN1c2cccnc2-n2cccc2C12CCN(C(=O)C1[C@H]3COC[C@@H]13)C2.O=C(O)C(F)(F)F. The first-order valence-electron chi connectivity index (χ1n) is 12.1. The normalized spacial score (nSPS) is 27.9. The molecular weight excluding hydrogens is 477 g/mol. The number of carbonyl (C=O) groups is 2. The Morgan fingerprint density at radius 3 is 2.56 bits per heavy atom. The molecule has 2 saturated heterocycles. The largest absolute Gasteiger partial charge is 0.490 e. The molecule has 5 heterocycles. The van der Waals surface area contributed by atoms with Gasteiger partial charge in [0.2, 0.25) is 5.91 Å². The zero-order valence-electron chi connectivity index (χ0n) is 20.1. The summed E-state index contributed by atoms with van der Waals surface area (Å²) >= 11 is 0. The molecule has 2 unspecified atom stereocenters. The van der Waals surface area contributed by atoms with Gasteiger partial charge < -0.3 is 24.2 Å². The maximum Gasteiger partial charge on any atom is 0.490 e. The Morgan fingerprint density at radius 1 is 1.22 bits per heavy atom. The Bertz CT molecular complexity index is 1160. The van der Waals surface area contributed by atoms with E-state index in [0.717, 1.165) is 45.1 Å². The van der Waals surface area contributed by atoms with E-state index >= 15 is 0 Å². The van der Waals surface area contributed by atoms with Crippen LogP contribution in [-0.4, -0.2) is 70.5 Å². The molecule has 1 N–H and O–H groups in total. The number of pyridine rings is 1. The Morgan fingerprint density at radius 2 is 1.92 bits per heavy atom. The molecule has 0 aromatic carbocycles. The molecule has 4 atom stereocenters. The highest BCUT2D eigenvalue weighted by molar-refractivity contribution is 5.83. The summed E-state index contributed by atoms with van der Waals surface area (Å²) in [5.41, 5.74) is 2.26. The summed E-state index contributed by atoms with van der Waals surface area (Å²) in [7, 11) is 0. The number of hydrogen-bond acceptors (Lipinski definition) is 5. The zero-order valence-corrected chi connectivity index (χ0v) is 20.1. The molecule has 1 saturated carbocycles. The summed E-state index contributed by atoms with van der Waals surface area (Å²) in [6.07, 6.45) is -0.141. The van der Waals surface area contributed by atoms with E-state index in [1.165, 1.54) is 11.4 Å². The van der Waals surface area contributed by atoms with Gasteiger partial charge in [-0.25, -0.2) is 9.78 Å². The lowest BCUT2D eigenvalue weighted by Gasteiger charge is -2.47. The van der Waals surface area contributed by atoms with Crippen molar-refractivity contribution in [1.29, 1.82) is 0 Å². The molecular formula is C25H29F3N4O4. The monoisotopic (exact) mass is 506 g/mol. The number of carbonyl (C=O) groups excluding carboxylic acids is 1. The van der Waals surface area contributed by atoms with Crippen LogP contribution in [0.15, 0.2) is 36.7 Å². The standard InChI is InChI=1S/C23H28N4O2.C2HF3O2/c1-15(2)11-27-18-5-3-8-24-21(18)26-9-4-6-19(26)23(27)7-10-25(14-23)22(28)20-16-12-29-13-17(16)20;3-2(4,5)1(6)7/h3-6,8-9,15-17,20H,7,10-14H2,1-2H3;(H,6,7)/t16-,17+,20?,23?;. The predicted molar refractivity (Wildman–Crippen MR) is 124 cm³/mol. The topological polar surface area (TPSA) is 87.9 Å². The molecule has 8 nitrogen and oxygen atoms in total. The number of alkyl halides is 3. The second-order valence-electron chi connectivity index (χ2n) is 10.3. The van der Waals surface area contributed by atoms with E-state index in [0.29, 0.717) is 23.7 Å². The molecule has 1 amide bonds. The molecule has 11 heteroatoms. The van der Waals surface area contributed by atoms with Crippen LogP contribution >= 0.6 is 0 Å². The highest BCUT2D eigenvalue weighted by Crippen LogP contribution is 2.53. The average molecular weight is 507 g/mol. The van der Waals surface area contributed by atoms with Crippen molar-refractivity contribution < 1.29 is 32.6 Å². The fourth-order valence-electron chi connectivity index (χ4n) is 5.96. The molecule has 4 aliphatic rings. The van der Waals surface area contributed by atoms with Gasteiger partial charge in [0.05, 0.1) is 24.6 Å². The van der Waals surface area contributed by atoms with E-state index in [4.69, 9.17) is 19.6 Å². The number of halogens is 3. The average Bonchev–Trinajstić information content (AvgIpc) is 3.30. The number of aromatic nitrogens is 2. The number of anilines is 1. The third kappa shape index (κ3) is 4.03. The van der Waals surface area contributed by atoms with Gasteiger partial charge in [-0.15, -0.1) is 0 Å². The van der Waals surface area contributed by atoms with Crippen LogP contribution in [0, 0.1) is 23.7 Å². The maximum absolute atomic E-state index is 13.3. The minimum atomic E-state index is -5.08. The van der Waals surface area contributed by atoms with Crippen LogP contribution in [0.3, 0.4) is 0 Å². The number of aliphatic carboxylic acids is 1. The number of rotatable bonds is 3. The van der Waals surface area contributed by atoms with Crippen molar-refractivity contribution in [1.82, 2.24) is 14.5 Å². The summed E-state index contributed by atoms with van der Waals surface area (Å²) in [4.78, 5) is 31.6. The Hall–Kier alpha value is -3.08. The molecule has 2 aromatic rings. The summed E-state index contributed by atoms with van der Waals surface area (Å²) in [6.45, 7) is 8.59. The van der Waals surface area contributed by atoms with Gasteiger partial charge in [-0.05, 0) is 48.4 Å². The van der Waals surface area contributed by atoms with Crippen molar-refractivity contribution in [3.63, 3.8) is 0 Å². The lowest BCUT2D eigenvalue weighted by atomic mass is 9.88. The van der Waals surface area contributed by atoms with E-state index in [1.54, 1.807) is 0 Å². The minimum Gasteiger partial charge on any atom is -0.475 e. The summed E-state index contributed by atoms with van der Waals surface area (Å²) in [5, 5.41) is 7.12. The van der Waals surface area contributed by atoms with Gasteiger partial charge in [0.1, 0.15) is 5.54 Å². The van der Waals surface area contributed by atoms with Gasteiger partial charge in [0, 0.05) is 37.9 Å². The third-order valence-electron chi connectivity index (χ3n) is 7.61. The van der Waals surface area contributed by atoms with Gasteiger partial charge in [-0.2, -0.15) is 13.2 Å². The Labute approximate surface area is 206 Å². The van der Waals surface area contributed by atoms with Crippen LogP contribution in [0.25, 0.3) is 5.82 Å². The molecule has 36 heavy (non-hydrogen) atoms. The summed E-state index contributed by atoms with van der Waals surface area (Å²) < 4.78 is 39.5. The van der Waals surface area contributed by atoms with E-state index in [2.05, 4.69) is 52.6 Å². The molecule has 194 valence electrons. The molecule has 1 aliphatic carbocycles. The number of amides is 1. The number of ether oxygens (including phenoxy) is 1. The molecule has 6 rings (SSSR count). The first-order chi connectivity index (χ1) is 17.0. The van der Waals surface area contributed by atoms with Gasteiger partial charge in [-0.3, -0.25) is 4.79 Å². The second-order valence-corrected chi connectivity index (χ2v) is 10.3. The van der Waals surface area contributed by atoms with Crippen LogP contribution in [0.5, 0.6) is 0 Å². The van der Waals surface area contributed by atoms with Crippen LogP contribution in [0.1, 0.15) is 26.0 Å². The van der Waals surface area contributed by atoms with E-state index < -0.39 is 12.1 Å². The number of carboxylic acids is 1. The summed E-state index contributed by atoms with van der Waals surface area (Å²) in [5.74, 6) is 0.231. The van der Waals surface area contributed by atoms with Gasteiger partial charge in [-0.1, -0.05) is 13.8 Å². The van der Waals surface area contributed by atoms with Crippen molar-refractivity contribution in [2.75, 3.05) is 37.7 Å². The summed E-state index contributed by atoms with van der Waals surface area (Å²) in [6, 6.07) is 8.54. The fourth-order valence-corrected chi connectivity index (χ4v) is 5.96. The van der Waals surface area contributed by atoms with Crippen molar-refractivity contribution in [3.05, 3.63) is 42.4 Å². The molecule has 3 fully saturated rings.